The molecule has 1 radical (unpaired) electrons. The SMILES string of the molecule is IC[As](c1ccccc1)(c1ccccc1)c1ccccc1. The van der Waals surface area contributed by atoms with Crippen molar-refractivity contribution in [3.05, 3.63) is 91.0 Å². The Balaban J connectivity index is 2.29. The van der Waals surface area contributed by atoms with Crippen molar-refractivity contribution in [2.45, 2.75) is 0 Å². The summed E-state index contributed by atoms with van der Waals surface area (Å²) >= 11 is 0.246. The average molecular weight is 447 g/mol. The molecule has 0 aromatic heterocycles. The maximum atomic E-state index is 2.59. The zero-order valence-corrected chi connectivity index (χ0v) is 15.7. The van der Waals surface area contributed by atoms with Crippen LogP contribution in [0.2, 0.25) is 0 Å². The van der Waals surface area contributed by atoms with E-state index in [4.69, 9.17) is 0 Å². The molecule has 105 valence electrons. The number of halogens is 1. The van der Waals surface area contributed by atoms with Gasteiger partial charge in [-0.05, 0) is 0 Å². The number of benzene rings is 3. The first-order valence-corrected chi connectivity index (χ1v) is 12.7. The van der Waals surface area contributed by atoms with Crippen LogP contribution in [0.3, 0.4) is 0 Å². The van der Waals surface area contributed by atoms with E-state index in [9.17, 15) is 0 Å². The fourth-order valence-electron chi connectivity index (χ4n) is 2.70. The van der Waals surface area contributed by atoms with E-state index in [1.807, 2.05) is 0 Å². The Hall–Kier alpha value is -1.05. The van der Waals surface area contributed by atoms with Gasteiger partial charge in [-0.15, -0.1) is 0 Å². The van der Waals surface area contributed by atoms with Crippen LogP contribution in [-0.2, 0) is 0 Å². The first-order chi connectivity index (χ1) is 10.4. The van der Waals surface area contributed by atoms with Gasteiger partial charge in [0.15, 0.2) is 0 Å². The van der Waals surface area contributed by atoms with Crippen molar-refractivity contribution in [1.29, 1.82) is 0 Å². The Morgan fingerprint density at radius 3 is 1.05 bits per heavy atom. The minimum absolute atomic E-state index is 1.17. The summed E-state index contributed by atoms with van der Waals surface area (Å²) in [6.45, 7) is 0. The van der Waals surface area contributed by atoms with E-state index in [0.29, 0.717) is 0 Å². The second-order valence-corrected chi connectivity index (χ2v) is 15.6. The molecule has 0 heterocycles. The summed E-state index contributed by atoms with van der Waals surface area (Å²) in [6, 6.07) is 33.2. The first kappa shape index (κ1) is 14.9. The van der Waals surface area contributed by atoms with Gasteiger partial charge >= 0.3 is 143 Å². The molecule has 0 aliphatic heterocycles. The normalized spacial score (nSPS) is 11.3. The Morgan fingerprint density at radius 2 is 0.810 bits per heavy atom. The van der Waals surface area contributed by atoms with E-state index in [-0.39, 0.29) is 0 Å². The van der Waals surface area contributed by atoms with E-state index < -0.39 is 13.6 Å². The number of alkyl halides is 1. The second-order valence-electron chi connectivity index (χ2n) is 4.94. The summed E-state index contributed by atoms with van der Waals surface area (Å²) in [5.41, 5.74) is 0. The van der Waals surface area contributed by atoms with Gasteiger partial charge in [-0.1, -0.05) is 0 Å². The quantitative estimate of drug-likeness (QED) is 0.328. The maximum absolute atomic E-state index is 2.59. The summed E-state index contributed by atoms with van der Waals surface area (Å²) in [7, 11) is 0. The van der Waals surface area contributed by atoms with E-state index in [1.54, 1.807) is 0 Å². The van der Waals surface area contributed by atoms with Crippen LogP contribution in [0, 0.1) is 0 Å². The molecule has 0 amide bonds. The average Bonchev–Trinajstić information content (AvgIpc) is 2.59. The van der Waals surface area contributed by atoms with Gasteiger partial charge in [0.25, 0.3) is 0 Å². The summed E-state index contributed by atoms with van der Waals surface area (Å²) in [5.74, 6) is 0. The Morgan fingerprint density at radius 1 is 0.524 bits per heavy atom. The monoisotopic (exact) mass is 447 g/mol. The molecule has 0 aliphatic rings. The van der Waals surface area contributed by atoms with Crippen molar-refractivity contribution in [2.24, 2.45) is 0 Å². The topological polar surface area (TPSA) is 0 Å². The van der Waals surface area contributed by atoms with E-state index >= 15 is 0 Å². The molecule has 0 nitrogen and oxygen atoms in total. The Labute approximate surface area is 142 Å². The van der Waals surface area contributed by atoms with Crippen molar-refractivity contribution >= 4 is 49.2 Å². The summed E-state index contributed by atoms with van der Waals surface area (Å²) in [5, 5.41) is 0. The Kier molecular flexibility index (Phi) is 4.82. The van der Waals surface area contributed by atoms with Crippen molar-refractivity contribution in [3.8, 4) is 0 Å². The third kappa shape index (κ3) is 2.82. The van der Waals surface area contributed by atoms with Crippen LogP contribution in [0.4, 0.5) is 0 Å². The molecular formula is C19H17AsI. The molecule has 0 saturated carbocycles. The van der Waals surface area contributed by atoms with Gasteiger partial charge in [0.05, 0.1) is 0 Å². The van der Waals surface area contributed by atoms with Crippen molar-refractivity contribution in [3.63, 3.8) is 0 Å². The summed E-state index contributed by atoms with van der Waals surface area (Å²) in [4.78, 5) is 0. The van der Waals surface area contributed by atoms with Crippen LogP contribution < -0.4 is 13.1 Å². The van der Waals surface area contributed by atoms with Crippen LogP contribution in [0.25, 0.3) is 0 Å². The molecule has 0 atom stereocenters. The third-order valence-corrected chi connectivity index (χ3v) is 17.3. The number of rotatable bonds is 4. The van der Waals surface area contributed by atoms with Crippen LogP contribution in [-0.4, -0.2) is 16.8 Å². The molecule has 2 heteroatoms. The van der Waals surface area contributed by atoms with Crippen LogP contribution in [0.1, 0.15) is 0 Å². The second kappa shape index (κ2) is 6.81. The van der Waals surface area contributed by atoms with Gasteiger partial charge in [0.2, 0.25) is 0 Å². The molecular weight excluding hydrogens is 430 g/mol. The van der Waals surface area contributed by atoms with Gasteiger partial charge in [0, 0.05) is 0 Å². The van der Waals surface area contributed by atoms with Crippen LogP contribution >= 0.6 is 22.6 Å². The first-order valence-electron chi connectivity index (χ1n) is 6.99. The predicted octanol–water partition coefficient (Wildman–Crippen LogP) is 3.13. The van der Waals surface area contributed by atoms with Gasteiger partial charge in [-0.25, -0.2) is 0 Å². The van der Waals surface area contributed by atoms with Crippen LogP contribution in [0.15, 0.2) is 91.0 Å². The van der Waals surface area contributed by atoms with Gasteiger partial charge < -0.3 is 0 Å². The van der Waals surface area contributed by atoms with E-state index in [1.165, 1.54) is 16.3 Å². The fourth-order valence-corrected chi connectivity index (χ4v) is 15.9. The molecule has 3 rings (SSSR count). The third-order valence-electron chi connectivity index (χ3n) is 3.77. The molecule has 0 saturated heterocycles. The van der Waals surface area contributed by atoms with Crippen molar-refractivity contribution in [2.75, 3.05) is 3.22 Å². The molecule has 3 aromatic carbocycles. The zero-order valence-electron chi connectivity index (χ0n) is 11.7. The van der Waals surface area contributed by atoms with E-state index in [0.717, 1.165) is 0 Å². The number of hydrogen-bond acceptors (Lipinski definition) is 0. The molecule has 3 aromatic rings. The molecule has 0 fully saturated rings. The van der Waals surface area contributed by atoms with Crippen molar-refractivity contribution in [1.82, 2.24) is 0 Å². The van der Waals surface area contributed by atoms with Crippen molar-refractivity contribution < 1.29 is 0 Å². The zero-order chi connectivity index (χ0) is 14.5. The summed E-state index contributed by atoms with van der Waals surface area (Å²) < 4.78 is 5.72. The fraction of sp³-hybridized carbons (Fsp3) is 0.0526. The van der Waals surface area contributed by atoms with Gasteiger partial charge in [-0.2, -0.15) is 0 Å². The Bertz CT molecular complexity index is 584. The molecule has 0 N–H and O–H groups in total. The minimum atomic E-state index is -2.34. The number of hydrogen-bond donors (Lipinski definition) is 0. The molecule has 21 heavy (non-hydrogen) atoms. The molecule has 0 unspecified atom stereocenters. The van der Waals surface area contributed by atoms with Gasteiger partial charge in [-0.3, -0.25) is 0 Å². The standard InChI is InChI=1S/C19H17AsI/c21-16-20(17-10-4-1-5-11-17,18-12-6-2-7-13-18)19-14-8-3-9-15-19/h1-15H,16H2. The molecule has 0 aliphatic carbocycles. The molecule has 0 bridgehead atoms. The van der Waals surface area contributed by atoms with Crippen LogP contribution in [0.5, 0.6) is 0 Å². The predicted molar refractivity (Wildman–Crippen MR) is 103 cm³/mol. The molecule has 0 spiro atoms. The van der Waals surface area contributed by atoms with Gasteiger partial charge in [0.1, 0.15) is 0 Å². The summed E-state index contributed by atoms with van der Waals surface area (Å²) in [6.07, 6.45) is 0. The van der Waals surface area contributed by atoms with E-state index in [2.05, 4.69) is 114 Å².